The topological polar surface area (TPSA) is 78.4 Å². The maximum atomic E-state index is 10.3. The Morgan fingerprint density at radius 3 is 2.24 bits per heavy atom. The van der Waals surface area contributed by atoms with E-state index in [0.717, 1.165) is 50.4 Å². The van der Waals surface area contributed by atoms with Gasteiger partial charge in [0.1, 0.15) is 0 Å². The van der Waals surface area contributed by atoms with Gasteiger partial charge in [-0.15, -0.1) is 8.37 Å². The van der Waals surface area contributed by atoms with Crippen molar-refractivity contribution in [3.63, 3.8) is 0 Å². The molecule has 9 heteroatoms. The molecule has 0 saturated heterocycles. The number of aliphatic hydroxyl groups is 1. The molecule has 0 aromatic carbocycles. The van der Waals surface area contributed by atoms with Crippen LogP contribution < -0.4 is 5.32 Å². The Morgan fingerprint density at radius 1 is 1.04 bits per heavy atom. The lowest BCUT2D eigenvalue weighted by molar-refractivity contribution is 0.0664. The molecule has 0 aromatic heterocycles. The highest BCUT2D eigenvalue weighted by Crippen LogP contribution is 2.31. The number of aliphatic hydroxyl groups excluding tert-OH is 1. The van der Waals surface area contributed by atoms with Crippen LogP contribution in [0.5, 0.6) is 0 Å². The minimum Gasteiger partial charge on any atom is -0.392 e. The van der Waals surface area contributed by atoms with Crippen molar-refractivity contribution in [1.82, 2.24) is 5.32 Å². The molecule has 1 aliphatic carbocycles. The molecule has 25 heavy (non-hydrogen) atoms. The summed E-state index contributed by atoms with van der Waals surface area (Å²) < 4.78 is 27.0. The summed E-state index contributed by atoms with van der Waals surface area (Å²) in [4.78, 5) is 0. The molecule has 1 fully saturated rings. The lowest BCUT2D eigenvalue weighted by atomic mass is 9.82. The Morgan fingerprint density at radius 2 is 1.68 bits per heavy atom. The molecule has 7 nitrogen and oxygen atoms in total. The fraction of sp³-hybridized carbons (Fsp3) is 1.00. The minimum atomic E-state index is -2.50. The summed E-state index contributed by atoms with van der Waals surface area (Å²) >= 11 is -0.417. The number of nitrogens with one attached hydrogen (secondary N) is 1. The van der Waals surface area contributed by atoms with Gasteiger partial charge < -0.3 is 23.7 Å². The summed E-state index contributed by atoms with van der Waals surface area (Å²) in [5, 5.41) is 13.8. The quantitative estimate of drug-likeness (QED) is 0.277. The predicted octanol–water partition coefficient (Wildman–Crippen LogP) is 1.51. The summed E-state index contributed by atoms with van der Waals surface area (Å²) in [7, 11) is 5.79. The monoisotopic (exact) mass is 398 g/mol. The molecule has 0 amide bonds. The van der Waals surface area contributed by atoms with Crippen molar-refractivity contribution in [3.8, 4) is 0 Å². The molecule has 3 unspecified atom stereocenters. The lowest BCUT2D eigenvalue weighted by Gasteiger charge is -2.35. The standard InChI is InChI=1S/C16H36NO6SSi/c1-19-24(20-2)11-6-10-17-15-13-14(7-8-16(15)18)9-12-25(21-3,22-4)23-5/h14-18H,6-13H2,1-5H3/q+1. The highest BCUT2D eigenvalue weighted by molar-refractivity contribution is 7.87. The third-order valence-corrected chi connectivity index (χ3v) is 9.11. The van der Waals surface area contributed by atoms with Gasteiger partial charge in [-0.25, -0.2) is 0 Å². The van der Waals surface area contributed by atoms with E-state index in [9.17, 15) is 5.11 Å². The smallest absolute Gasteiger partial charge is 0.392 e. The highest BCUT2D eigenvalue weighted by atomic mass is 32.2. The molecule has 0 radical (unpaired) electrons. The van der Waals surface area contributed by atoms with Crippen LogP contribution in [-0.2, 0) is 33.1 Å². The summed E-state index contributed by atoms with van der Waals surface area (Å²) in [6, 6.07) is 0.961. The van der Waals surface area contributed by atoms with Gasteiger partial charge in [0.2, 0.25) is 0 Å². The lowest BCUT2D eigenvalue weighted by Crippen LogP contribution is -2.46. The second-order valence-corrected chi connectivity index (χ2v) is 11.1. The molecule has 2 N–H and O–H groups in total. The van der Waals surface area contributed by atoms with E-state index < -0.39 is 20.3 Å². The number of rotatable bonds is 13. The molecule has 0 aromatic rings. The molecule has 0 aliphatic heterocycles. The van der Waals surface area contributed by atoms with Crippen molar-refractivity contribution >= 4 is 20.3 Å². The maximum Gasteiger partial charge on any atom is 0.500 e. The molecule has 150 valence electrons. The Labute approximate surface area is 156 Å². The fourth-order valence-electron chi connectivity index (χ4n) is 3.37. The first-order valence-corrected chi connectivity index (χ1v) is 12.1. The average Bonchev–Trinajstić information content (AvgIpc) is 2.65. The normalized spacial score (nSPS) is 24.8. The zero-order valence-electron chi connectivity index (χ0n) is 16.3. The largest absolute Gasteiger partial charge is 0.500 e. The van der Waals surface area contributed by atoms with Gasteiger partial charge in [0.15, 0.2) is 5.75 Å². The van der Waals surface area contributed by atoms with Gasteiger partial charge in [-0.05, 0) is 31.6 Å². The van der Waals surface area contributed by atoms with E-state index in [1.54, 1.807) is 35.5 Å². The molecule has 1 rings (SSSR count). The van der Waals surface area contributed by atoms with Crippen LogP contribution in [0, 0.1) is 5.92 Å². The number of hydrogen-bond donors (Lipinski definition) is 2. The molecule has 1 saturated carbocycles. The van der Waals surface area contributed by atoms with Crippen LogP contribution in [0.4, 0.5) is 0 Å². The average molecular weight is 399 g/mol. The Bertz CT molecular complexity index is 338. The SMILES string of the molecule is CO[S+](CCCNC1CC(CC[Si](OC)(OC)OC)CCC1O)OC. The Balaban J connectivity index is 2.36. The third kappa shape index (κ3) is 7.82. The summed E-state index contributed by atoms with van der Waals surface area (Å²) in [6.45, 7) is 0.859. The van der Waals surface area contributed by atoms with Crippen LogP contribution in [0.2, 0.25) is 6.04 Å². The second kappa shape index (κ2) is 12.6. The zero-order chi connectivity index (χ0) is 18.7. The third-order valence-electron chi connectivity index (χ3n) is 4.98. The second-order valence-electron chi connectivity index (χ2n) is 6.34. The number of hydrogen-bond acceptors (Lipinski definition) is 7. The molecule has 0 spiro atoms. The van der Waals surface area contributed by atoms with Crippen molar-refractivity contribution in [2.24, 2.45) is 5.92 Å². The summed E-state index contributed by atoms with van der Waals surface area (Å²) in [5.41, 5.74) is 0. The first kappa shape index (κ1) is 23.3. The van der Waals surface area contributed by atoms with E-state index in [-0.39, 0.29) is 12.1 Å². The van der Waals surface area contributed by atoms with Crippen LogP contribution in [0.25, 0.3) is 0 Å². The first-order chi connectivity index (χ1) is 12.0. The molecular weight excluding hydrogens is 362 g/mol. The van der Waals surface area contributed by atoms with Crippen LogP contribution in [-0.4, -0.2) is 73.9 Å². The first-order valence-electron chi connectivity index (χ1n) is 8.90. The molecule has 1 aliphatic rings. The fourth-order valence-corrected chi connectivity index (χ4v) is 6.10. The highest BCUT2D eigenvalue weighted by Gasteiger charge is 2.39. The van der Waals surface area contributed by atoms with E-state index in [4.69, 9.17) is 21.6 Å². The van der Waals surface area contributed by atoms with Gasteiger partial charge in [-0.2, -0.15) is 0 Å². The Kier molecular flexibility index (Phi) is 11.8. The summed E-state index contributed by atoms with van der Waals surface area (Å²) in [5.74, 6) is 1.43. The van der Waals surface area contributed by atoms with Gasteiger partial charge >= 0.3 is 20.3 Å². The Hall–Kier alpha value is 0.287. The minimum absolute atomic E-state index is 0.148. The van der Waals surface area contributed by atoms with Crippen molar-refractivity contribution in [3.05, 3.63) is 0 Å². The van der Waals surface area contributed by atoms with Gasteiger partial charge in [0.25, 0.3) is 0 Å². The van der Waals surface area contributed by atoms with Crippen LogP contribution in [0.15, 0.2) is 0 Å². The van der Waals surface area contributed by atoms with E-state index in [2.05, 4.69) is 5.32 Å². The van der Waals surface area contributed by atoms with Crippen molar-refractivity contribution in [1.29, 1.82) is 0 Å². The van der Waals surface area contributed by atoms with Crippen LogP contribution >= 0.6 is 0 Å². The van der Waals surface area contributed by atoms with Crippen LogP contribution in [0.1, 0.15) is 32.1 Å². The van der Waals surface area contributed by atoms with Gasteiger partial charge in [-0.3, -0.25) is 0 Å². The molecule has 0 bridgehead atoms. The van der Waals surface area contributed by atoms with Gasteiger partial charge in [-0.1, -0.05) is 0 Å². The maximum absolute atomic E-state index is 10.3. The summed E-state index contributed by atoms with van der Waals surface area (Å²) in [6.07, 6.45) is 4.55. The predicted molar refractivity (Wildman–Crippen MR) is 102 cm³/mol. The van der Waals surface area contributed by atoms with E-state index in [1.165, 1.54) is 0 Å². The molecule has 0 heterocycles. The van der Waals surface area contributed by atoms with Gasteiger partial charge in [0, 0.05) is 46.4 Å². The molecule has 3 atom stereocenters. The van der Waals surface area contributed by atoms with E-state index >= 15 is 0 Å². The zero-order valence-corrected chi connectivity index (χ0v) is 18.1. The van der Waals surface area contributed by atoms with Crippen molar-refractivity contribution in [2.75, 3.05) is 47.8 Å². The van der Waals surface area contributed by atoms with Gasteiger partial charge in [0.05, 0.1) is 20.3 Å². The van der Waals surface area contributed by atoms with E-state index in [1.807, 2.05) is 0 Å². The van der Waals surface area contributed by atoms with Crippen LogP contribution in [0.3, 0.4) is 0 Å². The molecular formula is C16H36NO6SSi+. The van der Waals surface area contributed by atoms with Crippen molar-refractivity contribution < 1.29 is 26.8 Å². The van der Waals surface area contributed by atoms with Crippen molar-refractivity contribution in [2.45, 2.75) is 50.3 Å². The van der Waals surface area contributed by atoms with E-state index in [0.29, 0.717) is 5.92 Å².